The molecule has 0 N–H and O–H groups in total. The highest BCUT2D eigenvalue weighted by Crippen LogP contribution is 2.42. The van der Waals surface area contributed by atoms with Crippen molar-refractivity contribution in [3.05, 3.63) is 52.8 Å². The number of pyridine rings is 1. The summed E-state index contributed by atoms with van der Waals surface area (Å²) in [6.07, 6.45) is 4.99. The molecule has 0 saturated heterocycles. The number of benzene rings is 1. The first-order valence-electron chi connectivity index (χ1n) is 16.7. The standard InChI is InChI=1S/C38H58ClN3O3/c1-24(2)18-28(8)45-36-20-29(19-33(40-36)25(3)4)31-21-32(39)34(44-26(5)6)22-30(31)27(7)14-16-38(12,13)23-43-35-15-17-42(41-35)37(9,10)11/h15,17,19-22,24-28H,14,16,18,23H2,1-13H3. The third-order valence-electron chi connectivity index (χ3n) is 7.96. The lowest BCUT2D eigenvalue weighted by Gasteiger charge is -2.27. The van der Waals surface area contributed by atoms with Gasteiger partial charge in [0.2, 0.25) is 11.8 Å². The minimum atomic E-state index is -0.0784. The molecule has 0 aliphatic rings. The van der Waals surface area contributed by atoms with E-state index in [0.29, 0.717) is 29.3 Å². The normalized spacial score (nSPS) is 13.9. The molecule has 0 fully saturated rings. The van der Waals surface area contributed by atoms with E-state index in [1.165, 1.54) is 5.56 Å². The van der Waals surface area contributed by atoms with Crippen LogP contribution in [0.15, 0.2) is 36.5 Å². The predicted molar refractivity (Wildman–Crippen MR) is 188 cm³/mol. The molecule has 0 aliphatic heterocycles. The van der Waals surface area contributed by atoms with Crippen molar-refractivity contribution in [2.24, 2.45) is 11.3 Å². The molecule has 2 atom stereocenters. The maximum absolute atomic E-state index is 6.87. The number of hydrogen-bond acceptors (Lipinski definition) is 5. The van der Waals surface area contributed by atoms with Crippen molar-refractivity contribution < 1.29 is 14.2 Å². The van der Waals surface area contributed by atoms with Gasteiger partial charge < -0.3 is 14.2 Å². The summed E-state index contributed by atoms with van der Waals surface area (Å²) >= 11 is 6.87. The van der Waals surface area contributed by atoms with Crippen LogP contribution < -0.4 is 14.2 Å². The molecule has 0 spiro atoms. The Kier molecular flexibility index (Phi) is 12.4. The van der Waals surface area contributed by atoms with Crippen LogP contribution in [0.1, 0.15) is 132 Å². The van der Waals surface area contributed by atoms with Crippen LogP contribution in [0.2, 0.25) is 5.02 Å². The fourth-order valence-electron chi connectivity index (χ4n) is 5.39. The van der Waals surface area contributed by atoms with Gasteiger partial charge in [-0.3, -0.25) is 4.68 Å². The van der Waals surface area contributed by atoms with E-state index in [1.807, 2.05) is 30.8 Å². The summed E-state index contributed by atoms with van der Waals surface area (Å²) in [5.41, 5.74) is 4.25. The SMILES string of the molecule is CC(C)CC(C)Oc1cc(-c2cc(Cl)c(OC(C)C)cc2C(C)CCC(C)(C)COc2ccn(C(C)(C)C)n2)cc(C(C)C)n1. The molecule has 45 heavy (non-hydrogen) atoms. The van der Waals surface area contributed by atoms with E-state index in [2.05, 4.69) is 106 Å². The fraction of sp³-hybridized carbons (Fsp3) is 0.632. The zero-order valence-corrected chi connectivity index (χ0v) is 30.9. The number of ether oxygens (including phenoxy) is 3. The lowest BCUT2D eigenvalue weighted by atomic mass is 9.82. The van der Waals surface area contributed by atoms with Crippen molar-refractivity contribution in [2.45, 2.75) is 139 Å². The zero-order chi connectivity index (χ0) is 33.7. The summed E-state index contributed by atoms with van der Waals surface area (Å²) in [5, 5.41) is 5.23. The fourth-order valence-corrected chi connectivity index (χ4v) is 5.60. The Bertz CT molecular complexity index is 1390. The average molecular weight is 640 g/mol. The molecular formula is C38H58ClN3O3. The molecular weight excluding hydrogens is 582 g/mol. The molecule has 2 unspecified atom stereocenters. The zero-order valence-electron chi connectivity index (χ0n) is 30.1. The van der Waals surface area contributed by atoms with Crippen molar-refractivity contribution in [1.29, 1.82) is 0 Å². The van der Waals surface area contributed by atoms with Crippen LogP contribution in [-0.2, 0) is 5.54 Å². The lowest BCUT2D eigenvalue weighted by Crippen LogP contribution is -2.24. The smallest absolute Gasteiger partial charge is 0.232 e. The molecule has 0 amide bonds. The highest BCUT2D eigenvalue weighted by Gasteiger charge is 2.25. The third-order valence-corrected chi connectivity index (χ3v) is 8.26. The molecule has 3 aromatic rings. The van der Waals surface area contributed by atoms with Gasteiger partial charge in [-0.05, 0) is 119 Å². The molecule has 6 nitrogen and oxygen atoms in total. The van der Waals surface area contributed by atoms with Crippen molar-refractivity contribution >= 4 is 11.6 Å². The molecule has 2 aromatic heterocycles. The Morgan fingerprint density at radius 2 is 1.56 bits per heavy atom. The Morgan fingerprint density at radius 3 is 2.13 bits per heavy atom. The molecule has 0 radical (unpaired) electrons. The minimum absolute atomic E-state index is 0.0188. The van der Waals surface area contributed by atoms with Gasteiger partial charge in [-0.25, -0.2) is 4.98 Å². The Balaban J connectivity index is 1.91. The van der Waals surface area contributed by atoms with Crippen LogP contribution in [0.25, 0.3) is 11.1 Å². The van der Waals surface area contributed by atoms with Gasteiger partial charge in [0.25, 0.3) is 0 Å². The van der Waals surface area contributed by atoms with Gasteiger partial charge >= 0.3 is 0 Å². The Labute approximate surface area is 278 Å². The van der Waals surface area contributed by atoms with Crippen molar-refractivity contribution in [3.63, 3.8) is 0 Å². The summed E-state index contributed by atoms with van der Waals surface area (Å²) in [7, 11) is 0. The van der Waals surface area contributed by atoms with Crippen molar-refractivity contribution in [2.75, 3.05) is 6.61 Å². The van der Waals surface area contributed by atoms with E-state index >= 15 is 0 Å². The number of aromatic nitrogens is 3. The van der Waals surface area contributed by atoms with E-state index in [1.54, 1.807) is 0 Å². The molecule has 1 aromatic carbocycles. The first kappa shape index (κ1) is 36.7. The second kappa shape index (κ2) is 15.2. The molecule has 2 heterocycles. The molecule has 250 valence electrons. The number of nitrogens with zero attached hydrogens (tertiary/aromatic N) is 3. The molecule has 0 saturated carbocycles. The Hall–Kier alpha value is -2.73. The molecule has 0 aliphatic carbocycles. The van der Waals surface area contributed by atoms with Gasteiger partial charge in [-0.15, -0.1) is 5.10 Å². The van der Waals surface area contributed by atoms with Crippen LogP contribution in [0.5, 0.6) is 17.5 Å². The highest BCUT2D eigenvalue weighted by atomic mass is 35.5. The summed E-state index contributed by atoms with van der Waals surface area (Å²) in [4.78, 5) is 4.89. The number of halogens is 1. The minimum Gasteiger partial charge on any atom is -0.489 e. The van der Waals surface area contributed by atoms with Crippen molar-refractivity contribution in [1.82, 2.24) is 14.8 Å². The molecule has 0 bridgehead atoms. The van der Waals surface area contributed by atoms with Gasteiger partial charge in [0.1, 0.15) is 5.75 Å². The highest BCUT2D eigenvalue weighted by molar-refractivity contribution is 6.32. The van der Waals surface area contributed by atoms with Gasteiger partial charge in [0, 0.05) is 24.0 Å². The molecule has 7 heteroatoms. The third kappa shape index (κ3) is 10.9. The summed E-state index contributed by atoms with van der Waals surface area (Å²) in [6, 6.07) is 10.4. The van der Waals surface area contributed by atoms with Crippen LogP contribution in [0, 0.1) is 11.3 Å². The number of hydrogen-bond donors (Lipinski definition) is 0. The largest absolute Gasteiger partial charge is 0.489 e. The molecule has 3 rings (SSSR count). The maximum atomic E-state index is 6.87. The van der Waals surface area contributed by atoms with E-state index in [9.17, 15) is 0 Å². The summed E-state index contributed by atoms with van der Waals surface area (Å²) in [5.74, 6) is 3.08. The topological polar surface area (TPSA) is 58.4 Å². The maximum Gasteiger partial charge on any atom is 0.232 e. The number of rotatable bonds is 15. The predicted octanol–water partition coefficient (Wildman–Crippen LogP) is 11.1. The van der Waals surface area contributed by atoms with Crippen molar-refractivity contribution in [3.8, 4) is 28.6 Å². The van der Waals surface area contributed by atoms with Gasteiger partial charge in [0.05, 0.1) is 29.4 Å². The monoisotopic (exact) mass is 639 g/mol. The van der Waals surface area contributed by atoms with Crippen LogP contribution >= 0.6 is 11.6 Å². The van der Waals surface area contributed by atoms with E-state index in [-0.39, 0.29) is 35.0 Å². The second-order valence-corrected chi connectivity index (χ2v) is 15.9. The summed E-state index contributed by atoms with van der Waals surface area (Å²) in [6.45, 7) is 28.7. The summed E-state index contributed by atoms with van der Waals surface area (Å²) < 4.78 is 20.7. The van der Waals surface area contributed by atoms with Gasteiger partial charge in [0.15, 0.2) is 0 Å². The first-order chi connectivity index (χ1) is 20.8. The quantitative estimate of drug-likeness (QED) is 0.165. The van der Waals surface area contributed by atoms with E-state index < -0.39 is 0 Å². The van der Waals surface area contributed by atoms with E-state index in [0.717, 1.165) is 41.8 Å². The lowest BCUT2D eigenvalue weighted by molar-refractivity contribution is 0.157. The van der Waals surface area contributed by atoms with Crippen LogP contribution in [0.4, 0.5) is 0 Å². The second-order valence-electron chi connectivity index (χ2n) is 15.5. The van der Waals surface area contributed by atoms with Gasteiger partial charge in [-0.1, -0.05) is 60.1 Å². The van der Waals surface area contributed by atoms with E-state index in [4.69, 9.17) is 30.8 Å². The van der Waals surface area contributed by atoms with Gasteiger partial charge in [-0.2, -0.15) is 0 Å². The average Bonchev–Trinajstić information content (AvgIpc) is 3.41. The Morgan fingerprint density at radius 1 is 0.867 bits per heavy atom. The first-order valence-corrected chi connectivity index (χ1v) is 17.1. The van der Waals surface area contributed by atoms with Crippen LogP contribution in [-0.4, -0.2) is 33.6 Å². The van der Waals surface area contributed by atoms with Crippen LogP contribution in [0.3, 0.4) is 0 Å².